The van der Waals surface area contributed by atoms with Crippen molar-refractivity contribution in [1.29, 1.82) is 0 Å². The Kier molecular flexibility index (Phi) is 1.98. The van der Waals surface area contributed by atoms with Gasteiger partial charge in [0, 0.05) is 0 Å². The fraction of sp³-hybridized carbons (Fsp3) is 0.200. The van der Waals surface area contributed by atoms with Crippen molar-refractivity contribution in [3.8, 4) is 0 Å². The Morgan fingerprint density at radius 1 is 1.80 bits per heavy atom. The minimum Gasteiger partial charge on any atom is -0.391 e. The molecule has 0 spiro atoms. The lowest BCUT2D eigenvalue weighted by Crippen LogP contribution is -1.88. The van der Waals surface area contributed by atoms with Crippen LogP contribution in [0.25, 0.3) is 0 Å². The molecule has 1 rings (SSSR count). The van der Waals surface area contributed by atoms with E-state index in [0.717, 1.165) is 11.3 Å². The van der Waals surface area contributed by atoms with Gasteiger partial charge in [0.2, 0.25) is 0 Å². The summed E-state index contributed by atoms with van der Waals surface area (Å²) in [5.41, 5.74) is 0.384. The van der Waals surface area contributed by atoms with Crippen LogP contribution < -0.4 is 0 Å². The molecule has 0 aromatic carbocycles. The summed E-state index contributed by atoms with van der Waals surface area (Å²) >= 11 is 1.02. The molecule has 1 heterocycles. The van der Waals surface area contributed by atoms with Crippen LogP contribution in [0, 0.1) is 10.1 Å². The molecule has 0 aliphatic carbocycles. The van der Waals surface area contributed by atoms with E-state index in [4.69, 9.17) is 5.11 Å². The highest BCUT2D eigenvalue weighted by Gasteiger charge is 2.13. The smallest absolute Gasteiger partial charge is 0.329 e. The Morgan fingerprint density at radius 2 is 2.50 bits per heavy atom. The van der Waals surface area contributed by atoms with Crippen LogP contribution >= 0.6 is 11.3 Å². The molecule has 0 amide bonds. The van der Waals surface area contributed by atoms with Gasteiger partial charge in [-0.25, -0.2) is 0 Å². The maximum absolute atomic E-state index is 10.1. The van der Waals surface area contributed by atoms with E-state index in [-0.39, 0.29) is 11.6 Å². The van der Waals surface area contributed by atoms with Crippen molar-refractivity contribution < 1.29 is 10.0 Å². The van der Waals surface area contributed by atoms with Gasteiger partial charge >= 0.3 is 5.00 Å². The van der Waals surface area contributed by atoms with E-state index in [2.05, 4.69) is 0 Å². The third-order valence-electron chi connectivity index (χ3n) is 1.06. The summed E-state index contributed by atoms with van der Waals surface area (Å²) in [4.78, 5) is 9.66. The minimum atomic E-state index is -0.490. The Hall–Kier alpha value is -0.940. The second-order valence-electron chi connectivity index (χ2n) is 1.67. The number of hydrogen-bond donors (Lipinski definition) is 1. The van der Waals surface area contributed by atoms with Gasteiger partial charge in [0.05, 0.1) is 17.1 Å². The number of hydrogen-bond acceptors (Lipinski definition) is 4. The number of nitro groups is 1. The Bertz CT molecular complexity index is 245. The molecular formula is C5H5NO3S. The van der Waals surface area contributed by atoms with Gasteiger partial charge in [-0.3, -0.25) is 10.1 Å². The minimum absolute atomic E-state index is 0.0301. The van der Waals surface area contributed by atoms with Crippen molar-refractivity contribution in [3.63, 3.8) is 0 Å². The molecule has 0 unspecified atom stereocenters. The fourth-order valence-corrected chi connectivity index (χ4v) is 1.34. The number of thiophene rings is 1. The predicted octanol–water partition coefficient (Wildman–Crippen LogP) is 1.15. The van der Waals surface area contributed by atoms with Crippen LogP contribution in [0.2, 0.25) is 0 Å². The zero-order valence-electron chi connectivity index (χ0n) is 4.98. The van der Waals surface area contributed by atoms with Crippen molar-refractivity contribution >= 4 is 16.3 Å². The second kappa shape index (κ2) is 2.76. The summed E-state index contributed by atoms with van der Waals surface area (Å²) < 4.78 is 0. The first-order valence-electron chi connectivity index (χ1n) is 2.57. The largest absolute Gasteiger partial charge is 0.391 e. The van der Waals surface area contributed by atoms with E-state index in [1.54, 1.807) is 11.4 Å². The molecule has 54 valence electrons. The molecule has 0 radical (unpaired) electrons. The maximum atomic E-state index is 10.1. The highest BCUT2D eigenvalue weighted by molar-refractivity contribution is 7.13. The van der Waals surface area contributed by atoms with Gasteiger partial charge in [0.15, 0.2) is 0 Å². The number of aliphatic hydroxyl groups excluding tert-OH is 1. The van der Waals surface area contributed by atoms with Crippen molar-refractivity contribution in [2.75, 3.05) is 0 Å². The monoisotopic (exact) mass is 159 g/mol. The molecule has 0 aliphatic rings. The normalized spacial score (nSPS) is 9.70. The fourth-order valence-electron chi connectivity index (χ4n) is 0.608. The first-order chi connectivity index (χ1) is 4.75. The molecule has 0 atom stereocenters. The average molecular weight is 159 g/mol. The van der Waals surface area contributed by atoms with Gasteiger partial charge in [0.1, 0.15) is 0 Å². The molecule has 0 aliphatic heterocycles. The summed E-state index contributed by atoms with van der Waals surface area (Å²) in [5.74, 6) is 0. The highest BCUT2D eigenvalue weighted by atomic mass is 32.1. The number of rotatable bonds is 2. The van der Waals surface area contributed by atoms with Crippen LogP contribution in [0.4, 0.5) is 5.00 Å². The van der Waals surface area contributed by atoms with Gasteiger partial charge in [-0.1, -0.05) is 11.3 Å². The molecule has 5 heteroatoms. The first-order valence-corrected chi connectivity index (χ1v) is 3.45. The number of aliphatic hydroxyl groups is 1. The van der Waals surface area contributed by atoms with Gasteiger partial charge < -0.3 is 5.11 Å². The van der Waals surface area contributed by atoms with E-state index in [1.165, 1.54) is 0 Å². The van der Waals surface area contributed by atoms with E-state index >= 15 is 0 Å². The zero-order valence-corrected chi connectivity index (χ0v) is 5.80. The summed E-state index contributed by atoms with van der Waals surface area (Å²) in [6, 6.07) is 1.54. The van der Waals surface area contributed by atoms with Gasteiger partial charge in [-0.2, -0.15) is 0 Å². The van der Waals surface area contributed by atoms with E-state index in [0.29, 0.717) is 5.56 Å². The standard InChI is InChI=1S/C5H5NO3S/c7-3-4-1-2-10-5(4)6(8)9/h1-2,7H,3H2. The molecule has 1 aromatic heterocycles. The summed E-state index contributed by atoms with van der Waals surface area (Å²) in [5, 5.41) is 20.3. The number of nitrogens with zero attached hydrogens (tertiary/aromatic N) is 1. The van der Waals surface area contributed by atoms with Crippen LogP contribution in [0.1, 0.15) is 5.56 Å². The van der Waals surface area contributed by atoms with Crippen LogP contribution in [0.5, 0.6) is 0 Å². The second-order valence-corrected chi connectivity index (χ2v) is 2.56. The zero-order chi connectivity index (χ0) is 7.56. The van der Waals surface area contributed by atoms with Crippen molar-refractivity contribution in [2.24, 2.45) is 0 Å². The van der Waals surface area contributed by atoms with E-state index in [1.807, 2.05) is 0 Å². The van der Waals surface area contributed by atoms with Gasteiger partial charge in [-0.15, -0.1) is 0 Å². The summed E-state index contributed by atoms with van der Waals surface area (Å²) in [7, 11) is 0. The third-order valence-corrected chi connectivity index (χ3v) is 1.97. The summed E-state index contributed by atoms with van der Waals surface area (Å²) in [6.07, 6.45) is 0. The Balaban J connectivity index is 3.01. The van der Waals surface area contributed by atoms with E-state index in [9.17, 15) is 10.1 Å². The molecule has 0 saturated carbocycles. The quantitative estimate of drug-likeness (QED) is 0.520. The summed E-state index contributed by atoms with van der Waals surface area (Å²) in [6.45, 7) is -0.264. The van der Waals surface area contributed by atoms with Crippen LogP contribution in [0.3, 0.4) is 0 Å². The average Bonchev–Trinajstić information content (AvgIpc) is 2.33. The van der Waals surface area contributed by atoms with Gasteiger partial charge in [0.25, 0.3) is 0 Å². The molecule has 10 heavy (non-hydrogen) atoms. The van der Waals surface area contributed by atoms with Crippen LogP contribution in [-0.2, 0) is 6.61 Å². The maximum Gasteiger partial charge on any atom is 0.329 e. The first kappa shape index (κ1) is 7.17. The Morgan fingerprint density at radius 3 is 2.90 bits per heavy atom. The molecule has 0 bridgehead atoms. The molecule has 0 saturated heterocycles. The van der Waals surface area contributed by atoms with Crippen molar-refractivity contribution in [3.05, 3.63) is 27.1 Å². The molecule has 0 fully saturated rings. The van der Waals surface area contributed by atoms with E-state index < -0.39 is 4.92 Å². The molecule has 1 N–H and O–H groups in total. The Labute approximate surface area is 60.9 Å². The van der Waals surface area contributed by atoms with Crippen molar-refractivity contribution in [2.45, 2.75) is 6.61 Å². The lowest BCUT2D eigenvalue weighted by molar-refractivity contribution is -0.381. The molecular weight excluding hydrogens is 154 g/mol. The SMILES string of the molecule is O=[N+]([O-])c1sccc1CO. The lowest BCUT2D eigenvalue weighted by Gasteiger charge is -1.87. The van der Waals surface area contributed by atoms with Crippen LogP contribution in [0.15, 0.2) is 11.4 Å². The van der Waals surface area contributed by atoms with Crippen LogP contribution in [-0.4, -0.2) is 10.0 Å². The molecule has 1 aromatic rings. The predicted molar refractivity (Wildman–Crippen MR) is 36.9 cm³/mol. The van der Waals surface area contributed by atoms with Gasteiger partial charge in [-0.05, 0) is 11.4 Å². The van der Waals surface area contributed by atoms with Crippen molar-refractivity contribution in [1.82, 2.24) is 0 Å². The third kappa shape index (κ3) is 1.14. The lowest BCUT2D eigenvalue weighted by atomic mass is 10.3. The molecule has 4 nitrogen and oxygen atoms in total. The topological polar surface area (TPSA) is 63.4 Å². The highest BCUT2D eigenvalue weighted by Crippen LogP contribution is 2.24.